The first-order valence-corrected chi connectivity index (χ1v) is 6.69. The second-order valence-corrected chi connectivity index (χ2v) is 6.23. The largest absolute Gasteiger partial charge is 0.351 e. The van der Waals surface area contributed by atoms with E-state index in [-0.39, 0.29) is 11.3 Å². The Labute approximate surface area is 121 Å². The molecule has 0 aliphatic carbocycles. The Kier molecular flexibility index (Phi) is 5.29. The molecular weight excluding hydrogens is 250 g/mol. The van der Waals surface area contributed by atoms with Crippen molar-refractivity contribution in [3.63, 3.8) is 0 Å². The summed E-state index contributed by atoms with van der Waals surface area (Å²) in [6.07, 6.45) is 0. The molecule has 0 heterocycles. The van der Waals surface area contributed by atoms with Gasteiger partial charge in [0.15, 0.2) is 0 Å². The van der Waals surface area contributed by atoms with E-state index in [0.717, 1.165) is 12.1 Å². The maximum absolute atomic E-state index is 12.2. The molecule has 108 valence electrons. The summed E-state index contributed by atoms with van der Waals surface area (Å²) in [6.45, 7) is 7.61. The lowest BCUT2D eigenvalue weighted by atomic mass is 9.92. The number of rotatable bonds is 5. The van der Waals surface area contributed by atoms with Gasteiger partial charge in [0.2, 0.25) is 0 Å². The molecule has 0 aliphatic rings. The van der Waals surface area contributed by atoms with Crippen molar-refractivity contribution >= 4 is 5.91 Å². The summed E-state index contributed by atoms with van der Waals surface area (Å²) < 4.78 is 0. The van der Waals surface area contributed by atoms with Crippen LogP contribution in [-0.4, -0.2) is 38.0 Å². The molecule has 0 radical (unpaired) electrons. The van der Waals surface area contributed by atoms with Crippen LogP contribution in [0.2, 0.25) is 0 Å². The van der Waals surface area contributed by atoms with Gasteiger partial charge in [0.25, 0.3) is 5.91 Å². The molecule has 0 fully saturated rings. The van der Waals surface area contributed by atoms with Gasteiger partial charge in [-0.05, 0) is 50.2 Å². The van der Waals surface area contributed by atoms with Crippen LogP contribution in [0.15, 0.2) is 18.2 Å². The Hall–Kier alpha value is -1.86. The van der Waals surface area contributed by atoms with Gasteiger partial charge in [-0.1, -0.05) is 13.8 Å². The summed E-state index contributed by atoms with van der Waals surface area (Å²) in [5, 5.41) is 11.8. The van der Waals surface area contributed by atoms with Crippen molar-refractivity contribution in [2.75, 3.05) is 27.2 Å². The number of amides is 1. The third kappa shape index (κ3) is 4.67. The minimum Gasteiger partial charge on any atom is -0.351 e. The molecule has 0 atom stereocenters. The van der Waals surface area contributed by atoms with Gasteiger partial charge in [-0.15, -0.1) is 0 Å². The Morgan fingerprint density at radius 1 is 1.40 bits per heavy atom. The number of hydrogen-bond donors (Lipinski definition) is 1. The normalized spacial score (nSPS) is 11.2. The van der Waals surface area contributed by atoms with Crippen molar-refractivity contribution in [3.8, 4) is 6.07 Å². The van der Waals surface area contributed by atoms with E-state index in [4.69, 9.17) is 5.26 Å². The summed E-state index contributed by atoms with van der Waals surface area (Å²) in [4.78, 5) is 14.3. The molecule has 4 nitrogen and oxygen atoms in total. The van der Waals surface area contributed by atoms with Crippen LogP contribution in [0, 0.1) is 23.7 Å². The predicted octanol–water partition coefficient (Wildman–Crippen LogP) is 2.18. The molecule has 0 aromatic heterocycles. The van der Waals surface area contributed by atoms with Crippen LogP contribution < -0.4 is 5.32 Å². The molecule has 1 aromatic carbocycles. The minimum absolute atomic E-state index is 0.0136. The van der Waals surface area contributed by atoms with Gasteiger partial charge >= 0.3 is 0 Å². The van der Waals surface area contributed by atoms with E-state index in [2.05, 4.69) is 30.1 Å². The van der Waals surface area contributed by atoms with Gasteiger partial charge < -0.3 is 10.2 Å². The zero-order chi connectivity index (χ0) is 15.3. The first kappa shape index (κ1) is 16.2. The van der Waals surface area contributed by atoms with Gasteiger partial charge in [0.1, 0.15) is 0 Å². The zero-order valence-corrected chi connectivity index (χ0v) is 12.9. The quantitative estimate of drug-likeness (QED) is 0.894. The smallest absolute Gasteiger partial charge is 0.251 e. The molecule has 1 amide bonds. The van der Waals surface area contributed by atoms with Gasteiger partial charge in [-0.3, -0.25) is 4.79 Å². The molecule has 0 aliphatic heterocycles. The molecule has 0 unspecified atom stereocenters. The van der Waals surface area contributed by atoms with Crippen molar-refractivity contribution in [1.82, 2.24) is 10.2 Å². The highest BCUT2D eigenvalue weighted by atomic mass is 16.1. The van der Waals surface area contributed by atoms with Crippen molar-refractivity contribution in [2.45, 2.75) is 20.8 Å². The van der Waals surface area contributed by atoms with Gasteiger partial charge in [-0.25, -0.2) is 0 Å². The fraction of sp³-hybridized carbons (Fsp3) is 0.500. The fourth-order valence-electron chi connectivity index (χ4n) is 2.31. The number of carbonyl (C=O) groups excluding carboxylic acids is 1. The van der Waals surface area contributed by atoms with Crippen molar-refractivity contribution in [3.05, 3.63) is 34.9 Å². The second kappa shape index (κ2) is 6.53. The van der Waals surface area contributed by atoms with Crippen LogP contribution in [0.25, 0.3) is 0 Å². The van der Waals surface area contributed by atoms with Crippen LogP contribution in [0.1, 0.15) is 35.3 Å². The first-order valence-electron chi connectivity index (χ1n) is 6.69. The SMILES string of the molecule is Cc1cc(C#N)ccc1C(=O)NCC(C)(C)CN(C)C. The van der Waals surface area contributed by atoms with E-state index in [1.54, 1.807) is 18.2 Å². The van der Waals surface area contributed by atoms with E-state index < -0.39 is 0 Å². The van der Waals surface area contributed by atoms with E-state index in [9.17, 15) is 4.79 Å². The minimum atomic E-state index is -0.0844. The highest BCUT2D eigenvalue weighted by Gasteiger charge is 2.20. The number of nitrogens with one attached hydrogen (secondary N) is 1. The number of aryl methyl sites for hydroxylation is 1. The summed E-state index contributed by atoms with van der Waals surface area (Å²) >= 11 is 0. The molecular formula is C16H23N3O. The molecule has 4 heteroatoms. The molecule has 0 saturated carbocycles. The average molecular weight is 273 g/mol. The monoisotopic (exact) mass is 273 g/mol. The van der Waals surface area contributed by atoms with E-state index in [1.165, 1.54) is 0 Å². The maximum Gasteiger partial charge on any atom is 0.251 e. The molecule has 1 N–H and O–H groups in total. The lowest BCUT2D eigenvalue weighted by Crippen LogP contribution is -2.40. The Balaban J connectivity index is 2.71. The molecule has 20 heavy (non-hydrogen) atoms. The summed E-state index contributed by atoms with van der Waals surface area (Å²) in [5.74, 6) is -0.0844. The maximum atomic E-state index is 12.2. The van der Waals surface area contributed by atoms with Crippen molar-refractivity contribution in [1.29, 1.82) is 5.26 Å². The van der Waals surface area contributed by atoms with Crippen LogP contribution in [-0.2, 0) is 0 Å². The molecule has 1 aromatic rings. The standard InChI is InChI=1S/C16H23N3O/c1-12-8-13(9-17)6-7-14(12)15(20)18-10-16(2,3)11-19(4)5/h6-8H,10-11H2,1-5H3,(H,18,20). The molecule has 0 saturated heterocycles. The third-order valence-corrected chi connectivity index (χ3v) is 3.07. The second-order valence-electron chi connectivity index (χ2n) is 6.23. The molecule has 1 rings (SSSR count). The number of carbonyl (C=O) groups is 1. The van der Waals surface area contributed by atoms with Crippen molar-refractivity contribution in [2.24, 2.45) is 5.41 Å². The van der Waals surface area contributed by atoms with Crippen LogP contribution in [0.4, 0.5) is 0 Å². The van der Waals surface area contributed by atoms with E-state index >= 15 is 0 Å². The molecule has 0 bridgehead atoms. The Morgan fingerprint density at radius 2 is 2.05 bits per heavy atom. The van der Waals surface area contributed by atoms with E-state index in [1.807, 2.05) is 21.0 Å². The summed E-state index contributed by atoms with van der Waals surface area (Å²) in [6, 6.07) is 7.19. The summed E-state index contributed by atoms with van der Waals surface area (Å²) in [7, 11) is 4.04. The lowest BCUT2D eigenvalue weighted by molar-refractivity contribution is 0.0928. The topological polar surface area (TPSA) is 56.1 Å². The Bertz CT molecular complexity index is 527. The molecule has 0 spiro atoms. The Morgan fingerprint density at radius 3 is 2.55 bits per heavy atom. The van der Waals surface area contributed by atoms with Crippen LogP contribution >= 0.6 is 0 Å². The average Bonchev–Trinajstić information content (AvgIpc) is 2.34. The van der Waals surface area contributed by atoms with Gasteiger partial charge in [-0.2, -0.15) is 5.26 Å². The number of hydrogen-bond acceptors (Lipinski definition) is 3. The lowest BCUT2D eigenvalue weighted by Gasteiger charge is -2.28. The van der Waals surface area contributed by atoms with Gasteiger partial charge in [0, 0.05) is 18.7 Å². The first-order chi connectivity index (χ1) is 9.25. The third-order valence-electron chi connectivity index (χ3n) is 3.07. The predicted molar refractivity (Wildman–Crippen MR) is 80.6 cm³/mol. The number of benzene rings is 1. The van der Waals surface area contributed by atoms with Crippen LogP contribution in [0.3, 0.4) is 0 Å². The highest BCUT2D eigenvalue weighted by molar-refractivity contribution is 5.95. The number of nitriles is 1. The van der Waals surface area contributed by atoms with Crippen LogP contribution in [0.5, 0.6) is 0 Å². The fourth-order valence-corrected chi connectivity index (χ4v) is 2.31. The van der Waals surface area contributed by atoms with Gasteiger partial charge in [0.05, 0.1) is 11.6 Å². The number of nitrogens with zero attached hydrogens (tertiary/aromatic N) is 2. The summed E-state index contributed by atoms with van der Waals surface area (Å²) in [5.41, 5.74) is 2.04. The highest BCUT2D eigenvalue weighted by Crippen LogP contribution is 2.15. The van der Waals surface area contributed by atoms with E-state index in [0.29, 0.717) is 17.7 Å². The van der Waals surface area contributed by atoms with Crippen molar-refractivity contribution < 1.29 is 4.79 Å². The zero-order valence-electron chi connectivity index (χ0n) is 12.9.